The van der Waals surface area contributed by atoms with Gasteiger partial charge in [0.1, 0.15) is 5.75 Å². The topological polar surface area (TPSA) is 72.5 Å². The van der Waals surface area contributed by atoms with Gasteiger partial charge in [0.05, 0.1) is 6.61 Å². The molecule has 0 radical (unpaired) electrons. The lowest BCUT2D eigenvalue weighted by atomic mass is 10.2. The summed E-state index contributed by atoms with van der Waals surface area (Å²) in [5.74, 6) is -0.149. The monoisotopic (exact) mass is 243 g/mol. The van der Waals surface area contributed by atoms with Crippen LogP contribution in [0.2, 0.25) is 0 Å². The number of hydrogen-bond donors (Lipinski definition) is 2. The second kappa shape index (κ2) is 5.86. The van der Waals surface area contributed by atoms with Crippen molar-refractivity contribution in [2.45, 2.75) is 26.2 Å². The second-order valence-corrected chi connectivity index (χ2v) is 4.88. The molecule has 5 heteroatoms. The molecule has 1 heterocycles. The average molecular weight is 243 g/mol. The molecule has 1 rings (SSSR count). The molecule has 0 unspecified atom stereocenters. The Morgan fingerprint density at radius 2 is 2.31 bits per heavy atom. The van der Waals surface area contributed by atoms with E-state index in [4.69, 9.17) is 15.6 Å². The number of rotatable bonds is 6. The fraction of sp³-hybridized carbons (Fsp3) is 0.545. The lowest BCUT2D eigenvalue weighted by Gasteiger charge is -2.03. The zero-order valence-corrected chi connectivity index (χ0v) is 10.3. The average Bonchev–Trinajstić information content (AvgIpc) is 2.62. The van der Waals surface area contributed by atoms with Gasteiger partial charge in [-0.05, 0) is 24.9 Å². The van der Waals surface area contributed by atoms with E-state index in [1.807, 2.05) is 19.9 Å². The molecule has 0 fully saturated rings. The lowest BCUT2D eigenvalue weighted by Crippen LogP contribution is -2.07. The predicted octanol–water partition coefficient (Wildman–Crippen LogP) is 2.30. The first-order chi connectivity index (χ1) is 7.56. The number of carbonyl (C=O) groups is 1. The SMILES string of the molecule is CC(C)c1cc(OCCCN)c(C(=O)O)s1. The smallest absolute Gasteiger partial charge is 0.349 e. The van der Waals surface area contributed by atoms with Gasteiger partial charge in [-0.1, -0.05) is 13.8 Å². The van der Waals surface area contributed by atoms with Crippen molar-refractivity contribution in [3.8, 4) is 5.75 Å². The van der Waals surface area contributed by atoms with Crippen LogP contribution in [0.5, 0.6) is 5.75 Å². The lowest BCUT2D eigenvalue weighted by molar-refractivity contribution is 0.0698. The van der Waals surface area contributed by atoms with Crippen LogP contribution in [0.1, 0.15) is 40.7 Å². The van der Waals surface area contributed by atoms with Crippen molar-refractivity contribution in [1.82, 2.24) is 0 Å². The highest BCUT2D eigenvalue weighted by molar-refractivity contribution is 7.14. The molecule has 0 spiro atoms. The third kappa shape index (κ3) is 3.21. The van der Waals surface area contributed by atoms with E-state index in [-0.39, 0.29) is 4.88 Å². The molecular weight excluding hydrogens is 226 g/mol. The molecule has 0 amide bonds. The van der Waals surface area contributed by atoms with Gasteiger partial charge < -0.3 is 15.6 Å². The fourth-order valence-electron chi connectivity index (χ4n) is 1.20. The van der Waals surface area contributed by atoms with E-state index in [1.165, 1.54) is 11.3 Å². The Morgan fingerprint density at radius 1 is 1.62 bits per heavy atom. The molecule has 0 bridgehead atoms. The third-order valence-electron chi connectivity index (χ3n) is 2.09. The number of carboxylic acid groups (broad SMARTS) is 1. The van der Waals surface area contributed by atoms with Gasteiger partial charge in [0, 0.05) is 4.88 Å². The molecule has 0 saturated carbocycles. The molecule has 0 atom stereocenters. The summed E-state index contributed by atoms with van der Waals surface area (Å²) < 4.78 is 5.42. The number of carboxylic acids is 1. The van der Waals surface area contributed by atoms with E-state index in [0.717, 1.165) is 11.3 Å². The summed E-state index contributed by atoms with van der Waals surface area (Å²) in [5.41, 5.74) is 5.35. The Balaban J connectivity index is 2.83. The molecule has 0 aliphatic heterocycles. The van der Waals surface area contributed by atoms with Crippen molar-refractivity contribution in [3.63, 3.8) is 0 Å². The summed E-state index contributed by atoms with van der Waals surface area (Å²) in [7, 11) is 0. The van der Waals surface area contributed by atoms with E-state index >= 15 is 0 Å². The first-order valence-electron chi connectivity index (χ1n) is 5.26. The molecule has 90 valence electrons. The van der Waals surface area contributed by atoms with Crippen LogP contribution in [0.15, 0.2) is 6.07 Å². The van der Waals surface area contributed by atoms with Gasteiger partial charge in [0.2, 0.25) is 0 Å². The molecule has 1 aromatic rings. The zero-order valence-electron chi connectivity index (χ0n) is 9.53. The van der Waals surface area contributed by atoms with Gasteiger partial charge in [-0.3, -0.25) is 0 Å². The number of thiophene rings is 1. The maximum atomic E-state index is 11.0. The third-order valence-corrected chi connectivity index (χ3v) is 3.49. The molecule has 0 aromatic carbocycles. The molecule has 3 N–H and O–H groups in total. The van der Waals surface area contributed by atoms with Crippen molar-refractivity contribution in [1.29, 1.82) is 0 Å². The fourth-order valence-corrected chi connectivity index (χ4v) is 2.14. The molecule has 0 aliphatic rings. The van der Waals surface area contributed by atoms with Gasteiger partial charge >= 0.3 is 5.97 Å². The highest BCUT2D eigenvalue weighted by Crippen LogP contribution is 2.33. The van der Waals surface area contributed by atoms with Gasteiger partial charge in [-0.25, -0.2) is 4.79 Å². The summed E-state index contributed by atoms with van der Waals surface area (Å²) >= 11 is 1.28. The summed E-state index contributed by atoms with van der Waals surface area (Å²) in [5, 5.41) is 9.02. The van der Waals surface area contributed by atoms with Crippen LogP contribution in [-0.2, 0) is 0 Å². The van der Waals surface area contributed by atoms with Crippen LogP contribution in [-0.4, -0.2) is 24.2 Å². The number of aromatic carboxylic acids is 1. The van der Waals surface area contributed by atoms with E-state index in [0.29, 0.717) is 24.8 Å². The normalized spacial score (nSPS) is 10.8. The molecule has 4 nitrogen and oxygen atoms in total. The Hall–Kier alpha value is -1.07. The standard InChI is InChI=1S/C11H17NO3S/c1-7(2)9-6-8(15-5-3-4-12)10(16-9)11(13)14/h6-7H,3-5,12H2,1-2H3,(H,13,14). The summed E-state index contributed by atoms with van der Waals surface area (Å²) in [6.07, 6.45) is 0.728. The molecular formula is C11H17NO3S. The first-order valence-corrected chi connectivity index (χ1v) is 6.07. The van der Waals surface area contributed by atoms with Crippen LogP contribution in [0.25, 0.3) is 0 Å². The van der Waals surface area contributed by atoms with E-state index in [2.05, 4.69) is 0 Å². The summed E-state index contributed by atoms with van der Waals surface area (Å²) in [4.78, 5) is 12.3. The largest absolute Gasteiger partial charge is 0.492 e. The van der Waals surface area contributed by atoms with E-state index in [9.17, 15) is 4.79 Å². The number of ether oxygens (including phenoxy) is 1. The molecule has 0 aliphatic carbocycles. The molecule has 0 saturated heterocycles. The van der Waals surface area contributed by atoms with E-state index in [1.54, 1.807) is 0 Å². The van der Waals surface area contributed by atoms with Crippen LogP contribution < -0.4 is 10.5 Å². The van der Waals surface area contributed by atoms with Crippen molar-refractivity contribution < 1.29 is 14.6 Å². The number of hydrogen-bond acceptors (Lipinski definition) is 4. The molecule has 1 aromatic heterocycles. The van der Waals surface area contributed by atoms with Gasteiger partial charge in [0.25, 0.3) is 0 Å². The zero-order chi connectivity index (χ0) is 12.1. The van der Waals surface area contributed by atoms with Crippen LogP contribution in [0.3, 0.4) is 0 Å². The van der Waals surface area contributed by atoms with Gasteiger partial charge in [0.15, 0.2) is 4.88 Å². The first kappa shape index (κ1) is 13.0. The van der Waals surface area contributed by atoms with Crippen molar-refractivity contribution in [2.75, 3.05) is 13.2 Å². The van der Waals surface area contributed by atoms with Crippen molar-refractivity contribution >= 4 is 17.3 Å². The second-order valence-electron chi connectivity index (χ2n) is 3.79. The predicted molar refractivity (Wildman–Crippen MR) is 64.5 cm³/mol. The Kier molecular flexibility index (Phi) is 4.76. The Labute approximate surface area is 99.0 Å². The van der Waals surface area contributed by atoms with Gasteiger partial charge in [-0.15, -0.1) is 11.3 Å². The van der Waals surface area contributed by atoms with Crippen LogP contribution in [0.4, 0.5) is 0 Å². The quantitative estimate of drug-likeness (QED) is 0.752. The minimum Gasteiger partial charge on any atom is -0.492 e. The summed E-state index contributed by atoms with van der Waals surface area (Å²) in [6.45, 7) is 5.07. The van der Waals surface area contributed by atoms with Crippen LogP contribution in [0, 0.1) is 0 Å². The van der Waals surface area contributed by atoms with Crippen molar-refractivity contribution in [2.24, 2.45) is 5.73 Å². The maximum Gasteiger partial charge on any atom is 0.349 e. The highest BCUT2D eigenvalue weighted by Gasteiger charge is 2.17. The minimum absolute atomic E-state index is 0.278. The maximum absolute atomic E-state index is 11.0. The highest BCUT2D eigenvalue weighted by atomic mass is 32.1. The minimum atomic E-state index is -0.931. The van der Waals surface area contributed by atoms with Gasteiger partial charge in [-0.2, -0.15) is 0 Å². The Morgan fingerprint density at radius 3 is 2.81 bits per heavy atom. The summed E-state index contributed by atoms with van der Waals surface area (Å²) in [6, 6.07) is 1.81. The van der Waals surface area contributed by atoms with E-state index < -0.39 is 5.97 Å². The Bertz CT molecular complexity index is 360. The number of nitrogens with two attached hydrogens (primary N) is 1. The van der Waals surface area contributed by atoms with Crippen LogP contribution >= 0.6 is 11.3 Å². The molecule has 16 heavy (non-hydrogen) atoms. The van der Waals surface area contributed by atoms with Crippen molar-refractivity contribution in [3.05, 3.63) is 15.8 Å².